The Balaban J connectivity index is 1.53. The molecule has 3 aliphatic rings. The van der Waals surface area contributed by atoms with Crippen LogP contribution in [0.4, 0.5) is 0 Å². The van der Waals surface area contributed by atoms with Crippen LogP contribution in [0.25, 0.3) is 0 Å². The van der Waals surface area contributed by atoms with Gasteiger partial charge in [0.2, 0.25) is 0 Å². The van der Waals surface area contributed by atoms with Crippen molar-refractivity contribution in [3.05, 3.63) is 35.9 Å². The van der Waals surface area contributed by atoms with Crippen LogP contribution in [0.15, 0.2) is 30.3 Å². The van der Waals surface area contributed by atoms with E-state index in [1.54, 1.807) is 0 Å². The van der Waals surface area contributed by atoms with E-state index in [2.05, 4.69) is 0 Å². The predicted octanol–water partition coefficient (Wildman–Crippen LogP) is 1.27. The summed E-state index contributed by atoms with van der Waals surface area (Å²) in [6, 6.07) is 9.99. The zero-order valence-electron chi connectivity index (χ0n) is 9.32. The SMILES string of the molecule is c1ccc([C@H]2OC[C@H]3OC[C@H]4O[C@H]4[C@@H]3O2)cc1. The lowest BCUT2D eigenvalue weighted by molar-refractivity contribution is -0.273. The van der Waals surface area contributed by atoms with Gasteiger partial charge in [0.15, 0.2) is 6.29 Å². The second-order valence-electron chi connectivity index (χ2n) is 4.69. The van der Waals surface area contributed by atoms with Gasteiger partial charge in [-0.05, 0) is 0 Å². The molecule has 0 saturated carbocycles. The maximum Gasteiger partial charge on any atom is 0.184 e. The fourth-order valence-corrected chi connectivity index (χ4v) is 2.56. The highest BCUT2D eigenvalue weighted by Crippen LogP contribution is 2.40. The third kappa shape index (κ3) is 1.68. The molecule has 0 aliphatic carbocycles. The molecule has 3 aliphatic heterocycles. The minimum absolute atomic E-state index is 0.0210. The molecule has 1 aromatic rings. The minimum Gasteiger partial charge on any atom is -0.370 e. The number of epoxide rings is 1. The summed E-state index contributed by atoms with van der Waals surface area (Å²) in [5, 5.41) is 0. The van der Waals surface area contributed by atoms with Gasteiger partial charge in [-0.2, -0.15) is 0 Å². The molecule has 3 heterocycles. The van der Waals surface area contributed by atoms with E-state index in [1.807, 2.05) is 30.3 Å². The Morgan fingerprint density at radius 1 is 0.824 bits per heavy atom. The van der Waals surface area contributed by atoms with Gasteiger partial charge in [0.05, 0.1) is 13.2 Å². The Hall–Kier alpha value is -0.940. The quantitative estimate of drug-likeness (QED) is 0.686. The van der Waals surface area contributed by atoms with E-state index in [9.17, 15) is 0 Å². The first kappa shape index (κ1) is 10.0. The Bertz CT molecular complexity index is 407. The Labute approximate surface area is 99.4 Å². The van der Waals surface area contributed by atoms with Crippen molar-refractivity contribution in [3.63, 3.8) is 0 Å². The summed E-state index contributed by atoms with van der Waals surface area (Å²) < 4.78 is 22.8. The lowest BCUT2D eigenvalue weighted by Crippen LogP contribution is -2.49. The molecule has 1 aromatic carbocycles. The summed E-state index contributed by atoms with van der Waals surface area (Å²) in [6.45, 7) is 1.26. The molecule has 90 valence electrons. The molecule has 0 unspecified atom stereocenters. The van der Waals surface area contributed by atoms with E-state index in [0.29, 0.717) is 13.2 Å². The lowest BCUT2D eigenvalue weighted by Gasteiger charge is -2.37. The number of ether oxygens (including phenoxy) is 4. The first-order chi connectivity index (χ1) is 8.42. The number of hydrogen-bond acceptors (Lipinski definition) is 4. The Morgan fingerprint density at radius 2 is 1.59 bits per heavy atom. The summed E-state index contributed by atoms with van der Waals surface area (Å²) >= 11 is 0. The molecular weight excluding hydrogens is 220 g/mol. The lowest BCUT2D eigenvalue weighted by atomic mass is 10.0. The molecular formula is C13H14O4. The first-order valence-corrected chi connectivity index (χ1v) is 6.01. The van der Waals surface area contributed by atoms with Crippen LogP contribution in [0, 0.1) is 0 Å². The largest absolute Gasteiger partial charge is 0.370 e. The monoisotopic (exact) mass is 234 g/mol. The van der Waals surface area contributed by atoms with Crippen LogP contribution in [0.1, 0.15) is 11.9 Å². The number of hydrogen-bond donors (Lipinski definition) is 0. The topological polar surface area (TPSA) is 40.2 Å². The zero-order chi connectivity index (χ0) is 11.2. The average molecular weight is 234 g/mol. The second kappa shape index (κ2) is 3.78. The van der Waals surface area contributed by atoms with Gasteiger partial charge in [0.1, 0.15) is 24.4 Å². The zero-order valence-corrected chi connectivity index (χ0v) is 9.32. The molecule has 4 nitrogen and oxygen atoms in total. The third-order valence-electron chi connectivity index (χ3n) is 3.55. The van der Waals surface area contributed by atoms with Crippen LogP contribution < -0.4 is 0 Å². The van der Waals surface area contributed by atoms with Crippen molar-refractivity contribution in [1.82, 2.24) is 0 Å². The summed E-state index contributed by atoms with van der Waals surface area (Å²) in [5.74, 6) is 0. The standard InChI is InChI=1S/C13H14O4/c1-2-4-8(5-3-1)13-15-6-9-11(17-13)12-10(16-12)7-14-9/h1-5,9-13H,6-7H2/t9-,10-,11-,12-,13+/m1/s1. The summed E-state index contributed by atoms with van der Waals surface area (Å²) in [6.07, 6.45) is 0.213. The van der Waals surface area contributed by atoms with Crippen LogP contribution in [-0.4, -0.2) is 37.6 Å². The molecule has 4 rings (SSSR count). The third-order valence-corrected chi connectivity index (χ3v) is 3.55. The molecule has 0 N–H and O–H groups in total. The van der Waals surface area contributed by atoms with Crippen LogP contribution >= 0.6 is 0 Å². The van der Waals surface area contributed by atoms with E-state index >= 15 is 0 Å². The maximum atomic E-state index is 5.96. The van der Waals surface area contributed by atoms with Crippen LogP contribution in [0.5, 0.6) is 0 Å². The summed E-state index contributed by atoms with van der Waals surface area (Å²) in [4.78, 5) is 0. The highest BCUT2D eigenvalue weighted by atomic mass is 16.7. The van der Waals surface area contributed by atoms with Gasteiger partial charge in [0, 0.05) is 5.56 Å². The number of benzene rings is 1. The molecule has 5 atom stereocenters. The van der Waals surface area contributed by atoms with E-state index < -0.39 is 0 Å². The Morgan fingerprint density at radius 3 is 2.47 bits per heavy atom. The molecule has 4 heteroatoms. The Kier molecular flexibility index (Phi) is 2.23. The van der Waals surface area contributed by atoms with E-state index in [1.165, 1.54) is 0 Å². The maximum absolute atomic E-state index is 5.96. The van der Waals surface area contributed by atoms with Crippen LogP contribution in [0.3, 0.4) is 0 Å². The summed E-state index contributed by atoms with van der Waals surface area (Å²) in [7, 11) is 0. The molecule has 0 aromatic heterocycles. The first-order valence-electron chi connectivity index (χ1n) is 6.01. The minimum atomic E-state index is -0.288. The predicted molar refractivity (Wildman–Crippen MR) is 58.4 cm³/mol. The summed E-state index contributed by atoms with van der Waals surface area (Å²) in [5.41, 5.74) is 1.05. The van der Waals surface area contributed by atoms with E-state index in [4.69, 9.17) is 18.9 Å². The van der Waals surface area contributed by atoms with E-state index in [-0.39, 0.29) is 30.7 Å². The van der Waals surface area contributed by atoms with Crippen molar-refractivity contribution in [3.8, 4) is 0 Å². The van der Waals surface area contributed by atoms with Gasteiger partial charge >= 0.3 is 0 Å². The van der Waals surface area contributed by atoms with Crippen molar-refractivity contribution in [2.45, 2.75) is 30.7 Å². The fraction of sp³-hybridized carbons (Fsp3) is 0.538. The van der Waals surface area contributed by atoms with Crippen molar-refractivity contribution in [2.24, 2.45) is 0 Å². The van der Waals surface area contributed by atoms with E-state index in [0.717, 1.165) is 5.56 Å². The van der Waals surface area contributed by atoms with Crippen LogP contribution in [0.2, 0.25) is 0 Å². The molecule has 0 radical (unpaired) electrons. The second-order valence-corrected chi connectivity index (χ2v) is 4.69. The van der Waals surface area contributed by atoms with Gasteiger partial charge in [0.25, 0.3) is 0 Å². The van der Waals surface area contributed by atoms with Crippen molar-refractivity contribution in [2.75, 3.05) is 13.2 Å². The molecule has 3 saturated heterocycles. The number of fused-ring (bicyclic) bond motifs is 3. The normalized spacial score (nSPS) is 43.6. The molecule has 0 amide bonds. The van der Waals surface area contributed by atoms with Crippen molar-refractivity contribution < 1.29 is 18.9 Å². The van der Waals surface area contributed by atoms with Crippen molar-refractivity contribution >= 4 is 0 Å². The highest BCUT2D eigenvalue weighted by molar-refractivity contribution is 5.17. The molecule has 0 spiro atoms. The van der Waals surface area contributed by atoms with Gasteiger partial charge in [-0.25, -0.2) is 0 Å². The average Bonchev–Trinajstić information content (AvgIpc) is 3.19. The van der Waals surface area contributed by atoms with Crippen molar-refractivity contribution in [1.29, 1.82) is 0 Å². The van der Waals surface area contributed by atoms with Gasteiger partial charge < -0.3 is 18.9 Å². The number of rotatable bonds is 1. The molecule has 17 heavy (non-hydrogen) atoms. The highest BCUT2D eigenvalue weighted by Gasteiger charge is 2.55. The smallest absolute Gasteiger partial charge is 0.184 e. The molecule has 3 fully saturated rings. The van der Waals surface area contributed by atoms with Gasteiger partial charge in [-0.1, -0.05) is 30.3 Å². The molecule has 0 bridgehead atoms. The fourth-order valence-electron chi connectivity index (χ4n) is 2.56. The van der Waals surface area contributed by atoms with Gasteiger partial charge in [-0.15, -0.1) is 0 Å². The van der Waals surface area contributed by atoms with Crippen LogP contribution in [-0.2, 0) is 18.9 Å². The van der Waals surface area contributed by atoms with Gasteiger partial charge in [-0.3, -0.25) is 0 Å².